The van der Waals surface area contributed by atoms with Crippen LogP contribution in [0.4, 0.5) is 0 Å². The van der Waals surface area contributed by atoms with Gasteiger partial charge in [-0.05, 0) is 12.1 Å². The lowest BCUT2D eigenvalue weighted by atomic mass is 10.5. The minimum absolute atomic E-state index is 0.274. The molecule has 2 rings (SSSR count). The lowest BCUT2D eigenvalue weighted by Crippen LogP contribution is -2.21. The molecule has 1 amide bonds. The Morgan fingerprint density at radius 1 is 1.54 bits per heavy atom. The Morgan fingerprint density at radius 2 is 2.31 bits per heavy atom. The van der Waals surface area contributed by atoms with Gasteiger partial charge in [0.2, 0.25) is 0 Å². The van der Waals surface area contributed by atoms with Crippen LogP contribution in [-0.2, 0) is 4.79 Å². The third kappa shape index (κ3) is 1.78. The largest absolute Gasteiger partial charge is 0.311 e. The van der Waals surface area contributed by atoms with E-state index in [0.717, 1.165) is 4.88 Å². The number of thiophene rings is 1. The predicted octanol–water partition coefficient (Wildman–Crippen LogP) is 1.71. The first-order valence-corrected chi connectivity index (χ1v) is 5.55. The van der Waals surface area contributed by atoms with Gasteiger partial charge in [-0.15, -0.1) is 11.3 Å². The average Bonchev–Trinajstić information content (AvgIpc) is 2.61. The van der Waals surface area contributed by atoms with Crippen LogP contribution < -0.4 is 5.73 Å². The number of nitrogens with zero attached hydrogens (tertiary/aromatic N) is 1. The first kappa shape index (κ1) is 9.21. The Balaban J connectivity index is 2.29. The van der Waals surface area contributed by atoms with Gasteiger partial charge in [0, 0.05) is 0 Å². The standard InChI is InChI=1S/C7H5ClN2OS2/c8-4-2-1-3(12-4)7-10-6(11)5(9)13-7/h1-2,5H,9H2. The van der Waals surface area contributed by atoms with E-state index in [1.54, 1.807) is 6.07 Å². The van der Waals surface area contributed by atoms with Crippen LogP contribution in [0.5, 0.6) is 0 Å². The second-order valence-electron chi connectivity index (χ2n) is 2.40. The molecule has 1 aromatic rings. The molecule has 2 heterocycles. The van der Waals surface area contributed by atoms with E-state index in [0.29, 0.717) is 9.38 Å². The SMILES string of the molecule is NC1SC(c2ccc(Cl)s2)=NC1=O. The van der Waals surface area contributed by atoms with Crippen LogP contribution >= 0.6 is 34.7 Å². The van der Waals surface area contributed by atoms with Gasteiger partial charge in [0.05, 0.1) is 9.21 Å². The Hall–Kier alpha value is -0.360. The highest BCUT2D eigenvalue weighted by Gasteiger charge is 2.26. The van der Waals surface area contributed by atoms with Gasteiger partial charge in [0.25, 0.3) is 5.91 Å². The minimum Gasteiger partial charge on any atom is -0.311 e. The maximum Gasteiger partial charge on any atom is 0.274 e. The van der Waals surface area contributed by atoms with Gasteiger partial charge in [-0.3, -0.25) is 4.79 Å². The highest BCUT2D eigenvalue weighted by atomic mass is 35.5. The molecule has 13 heavy (non-hydrogen) atoms. The van der Waals surface area contributed by atoms with Crippen molar-refractivity contribution in [2.45, 2.75) is 5.37 Å². The monoisotopic (exact) mass is 232 g/mol. The summed E-state index contributed by atoms with van der Waals surface area (Å²) < 4.78 is 0.686. The molecular weight excluding hydrogens is 228 g/mol. The maximum absolute atomic E-state index is 11.0. The fourth-order valence-corrected chi connectivity index (χ4v) is 2.82. The van der Waals surface area contributed by atoms with Crippen LogP contribution in [0.3, 0.4) is 0 Å². The van der Waals surface area contributed by atoms with Crippen LogP contribution in [0.25, 0.3) is 0 Å². The van der Waals surface area contributed by atoms with Crippen molar-refractivity contribution < 1.29 is 4.79 Å². The highest BCUT2D eigenvalue weighted by molar-refractivity contribution is 8.16. The summed E-state index contributed by atoms with van der Waals surface area (Å²) in [4.78, 5) is 15.7. The zero-order chi connectivity index (χ0) is 9.42. The van der Waals surface area contributed by atoms with Crippen LogP contribution in [0.2, 0.25) is 4.34 Å². The number of rotatable bonds is 1. The Kier molecular flexibility index (Phi) is 2.42. The molecular formula is C7H5ClN2OS2. The molecule has 68 valence electrons. The number of amides is 1. The molecule has 0 fully saturated rings. The van der Waals surface area contributed by atoms with E-state index < -0.39 is 5.37 Å². The Labute approximate surface area is 88.0 Å². The van der Waals surface area contributed by atoms with Crippen molar-refractivity contribution in [1.82, 2.24) is 0 Å². The number of halogens is 1. The topological polar surface area (TPSA) is 55.4 Å². The van der Waals surface area contributed by atoms with Gasteiger partial charge >= 0.3 is 0 Å². The van der Waals surface area contributed by atoms with Gasteiger partial charge in [-0.1, -0.05) is 23.4 Å². The van der Waals surface area contributed by atoms with Crippen LogP contribution in [0, 0.1) is 0 Å². The van der Waals surface area contributed by atoms with Crippen LogP contribution in [-0.4, -0.2) is 16.3 Å². The summed E-state index contributed by atoms with van der Waals surface area (Å²) in [6.07, 6.45) is 0. The van der Waals surface area contributed by atoms with Gasteiger partial charge in [0.15, 0.2) is 0 Å². The summed E-state index contributed by atoms with van der Waals surface area (Å²) in [6.45, 7) is 0. The molecule has 1 atom stereocenters. The molecule has 2 N–H and O–H groups in total. The van der Waals surface area contributed by atoms with Gasteiger partial charge < -0.3 is 5.73 Å². The second kappa shape index (κ2) is 3.42. The minimum atomic E-state index is -0.545. The molecule has 0 saturated carbocycles. The fraction of sp³-hybridized carbons (Fsp3) is 0.143. The van der Waals surface area contributed by atoms with E-state index in [1.165, 1.54) is 23.1 Å². The van der Waals surface area contributed by atoms with Crippen molar-refractivity contribution in [2.24, 2.45) is 10.7 Å². The molecule has 0 spiro atoms. The van der Waals surface area contributed by atoms with E-state index >= 15 is 0 Å². The van der Waals surface area contributed by atoms with Crippen molar-refractivity contribution in [1.29, 1.82) is 0 Å². The van der Waals surface area contributed by atoms with E-state index in [2.05, 4.69) is 4.99 Å². The van der Waals surface area contributed by atoms with Crippen molar-refractivity contribution in [2.75, 3.05) is 0 Å². The lowest BCUT2D eigenvalue weighted by molar-refractivity contribution is -0.117. The predicted molar refractivity (Wildman–Crippen MR) is 56.4 cm³/mol. The number of aliphatic imine (C=N–C) groups is 1. The molecule has 0 radical (unpaired) electrons. The zero-order valence-electron chi connectivity index (χ0n) is 6.36. The molecule has 0 aliphatic carbocycles. The molecule has 0 bridgehead atoms. The smallest absolute Gasteiger partial charge is 0.274 e. The summed E-state index contributed by atoms with van der Waals surface area (Å²) in [7, 11) is 0. The fourth-order valence-electron chi connectivity index (χ4n) is 0.903. The first-order chi connectivity index (χ1) is 6.16. The summed E-state index contributed by atoms with van der Waals surface area (Å²) in [5.41, 5.74) is 5.48. The van der Waals surface area contributed by atoms with Gasteiger partial charge in [0.1, 0.15) is 10.4 Å². The first-order valence-electron chi connectivity index (χ1n) is 3.47. The molecule has 1 unspecified atom stereocenters. The second-order valence-corrected chi connectivity index (χ2v) is 5.24. The maximum atomic E-state index is 11.0. The summed E-state index contributed by atoms with van der Waals surface area (Å²) in [5, 5.41) is 0.130. The van der Waals surface area contributed by atoms with E-state index in [1.807, 2.05) is 6.07 Å². The van der Waals surface area contributed by atoms with Crippen LogP contribution in [0.15, 0.2) is 17.1 Å². The zero-order valence-corrected chi connectivity index (χ0v) is 8.75. The quantitative estimate of drug-likeness (QED) is 0.802. The van der Waals surface area contributed by atoms with Crippen molar-refractivity contribution in [3.63, 3.8) is 0 Å². The molecule has 1 aliphatic rings. The van der Waals surface area contributed by atoms with Crippen molar-refractivity contribution in [3.8, 4) is 0 Å². The Bertz CT molecular complexity index is 388. The highest BCUT2D eigenvalue weighted by Crippen LogP contribution is 2.30. The summed E-state index contributed by atoms with van der Waals surface area (Å²) >= 11 is 8.41. The molecule has 0 aromatic carbocycles. The normalized spacial score (nSPS) is 22.2. The van der Waals surface area contributed by atoms with E-state index in [-0.39, 0.29) is 5.91 Å². The van der Waals surface area contributed by atoms with Crippen molar-refractivity contribution >= 4 is 45.7 Å². The average molecular weight is 233 g/mol. The van der Waals surface area contributed by atoms with Gasteiger partial charge in [-0.25, -0.2) is 4.99 Å². The van der Waals surface area contributed by atoms with Crippen LogP contribution in [0.1, 0.15) is 4.88 Å². The number of thioether (sulfide) groups is 1. The number of carbonyl (C=O) groups excluding carboxylic acids is 1. The van der Waals surface area contributed by atoms with E-state index in [4.69, 9.17) is 17.3 Å². The number of carbonyl (C=O) groups is 1. The number of hydrogen-bond donors (Lipinski definition) is 1. The summed E-state index contributed by atoms with van der Waals surface area (Å²) in [6, 6.07) is 3.61. The molecule has 0 saturated heterocycles. The third-order valence-electron chi connectivity index (χ3n) is 1.48. The van der Waals surface area contributed by atoms with Crippen molar-refractivity contribution in [3.05, 3.63) is 21.3 Å². The summed E-state index contributed by atoms with van der Waals surface area (Å²) in [5.74, 6) is -0.274. The molecule has 3 nitrogen and oxygen atoms in total. The lowest BCUT2D eigenvalue weighted by Gasteiger charge is -1.95. The number of nitrogens with two attached hydrogens (primary N) is 1. The number of hydrogen-bond acceptors (Lipinski definition) is 4. The molecule has 1 aromatic heterocycles. The van der Waals surface area contributed by atoms with Gasteiger partial charge in [-0.2, -0.15) is 0 Å². The molecule has 1 aliphatic heterocycles. The van der Waals surface area contributed by atoms with E-state index in [9.17, 15) is 4.79 Å². The molecule has 6 heteroatoms. The third-order valence-corrected chi connectivity index (χ3v) is 3.83. The Morgan fingerprint density at radius 3 is 2.77 bits per heavy atom.